The van der Waals surface area contributed by atoms with E-state index in [2.05, 4.69) is 71.6 Å². The summed E-state index contributed by atoms with van der Waals surface area (Å²) in [5.74, 6) is 1.48. The average Bonchev–Trinajstić information content (AvgIpc) is 2.55. The van der Waals surface area contributed by atoms with Crippen molar-refractivity contribution in [3.8, 4) is 0 Å². The fraction of sp³-hybridized carbons (Fsp3) is 0.444. The molecule has 2 aromatic rings. The Morgan fingerprint density at radius 3 is 2.35 bits per heavy atom. The third kappa shape index (κ3) is 4.93. The number of hydrogen-bond acceptors (Lipinski definition) is 5. The molecule has 0 saturated heterocycles. The Morgan fingerprint density at radius 1 is 1.04 bits per heavy atom. The van der Waals surface area contributed by atoms with E-state index in [1.165, 1.54) is 11.1 Å². The van der Waals surface area contributed by atoms with Crippen LogP contribution in [0.25, 0.3) is 0 Å². The summed E-state index contributed by atoms with van der Waals surface area (Å²) < 4.78 is 0. The summed E-state index contributed by atoms with van der Waals surface area (Å²) in [6.45, 7) is 6.15. The van der Waals surface area contributed by atoms with Crippen LogP contribution in [0.1, 0.15) is 25.0 Å². The van der Waals surface area contributed by atoms with E-state index in [1.807, 2.05) is 6.07 Å². The van der Waals surface area contributed by atoms with E-state index in [-0.39, 0.29) is 0 Å². The molecule has 0 aliphatic rings. The van der Waals surface area contributed by atoms with Gasteiger partial charge in [-0.25, -0.2) is 4.98 Å². The largest absolute Gasteiger partial charge is 0.369 e. The van der Waals surface area contributed by atoms with Crippen molar-refractivity contribution in [3.05, 3.63) is 41.6 Å². The van der Waals surface area contributed by atoms with E-state index >= 15 is 0 Å². The van der Waals surface area contributed by atoms with Crippen LogP contribution >= 0.6 is 0 Å². The highest BCUT2D eigenvalue weighted by Gasteiger charge is 2.08. The molecule has 124 valence electrons. The molecule has 0 bridgehead atoms. The van der Waals surface area contributed by atoms with Crippen LogP contribution in [0.5, 0.6) is 0 Å². The van der Waals surface area contributed by atoms with E-state index in [0.717, 1.165) is 37.4 Å². The lowest BCUT2D eigenvalue weighted by molar-refractivity contribution is 0.425. The SMILES string of the molecule is CCc1cccc(CC)c1Nc1nccc(NCCN(C)C)n1. The monoisotopic (exact) mass is 313 g/mol. The fourth-order valence-electron chi connectivity index (χ4n) is 2.44. The molecule has 1 aromatic heterocycles. The third-order valence-corrected chi connectivity index (χ3v) is 3.76. The van der Waals surface area contributed by atoms with Crippen molar-refractivity contribution >= 4 is 17.5 Å². The molecule has 0 spiro atoms. The number of nitrogens with zero attached hydrogens (tertiary/aromatic N) is 3. The van der Waals surface area contributed by atoms with Gasteiger partial charge >= 0.3 is 0 Å². The van der Waals surface area contributed by atoms with Crippen molar-refractivity contribution in [2.45, 2.75) is 26.7 Å². The van der Waals surface area contributed by atoms with E-state index in [4.69, 9.17) is 0 Å². The zero-order valence-corrected chi connectivity index (χ0v) is 14.6. The summed E-state index contributed by atoms with van der Waals surface area (Å²) in [6.07, 6.45) is 3.75. The number of aryl methyl sites for hydroxylation is 2. The maximum atomic E-state index is 4.56. The maximum Gasteiger partial charge on any atom is 0.229 e. The Kier molecular flexibility index (Phi) is 6.35. The second-order valence-electron chi connectivity index (χ2n) is 5.78. The van der Waals surface area contributed by atoms with Gasteiger partial charge in [0.25, 0.3) is 0 Å². The van der Waals surface area contributed by atoms with Gasteiger partial charge in [0.05, 0.1) is 0 Å². The van der Waals surface area contributed by atoms with Gasteiger partial charge < -0.3 is 15.5 Å². The van der Waals surface area contributed by atoms with Gasteiger partial charge in [-0.2, -0.15) is 4.98 Å². The first-order valence-corrected chi connectivity index (χ1v) is 8.23. The first-order valence-electron chi connectivity index (χ1n) is 8.23. The van der Waals surface area contributed by atoms with Crippen LogP contribution in [0.15, 0.2) is 30.5 Å². The number of anilines is 3. The first-order chi connectivity index (χ1) is 11.1. The van der Waals surface area contributed by atoms with Gasteiger partial charge in [-0.05, 0) is 44.1 Å². The molecule has 0 amide bonds. The van der Waals surface area contributed by atoms with Gasteiger partial charge in [0.2, 0.25) is 5.95 Å². The van der Waals surface area contributed by atoms with Gasteiger partial charge in [0.1, 0.15) is 5.82 Å². The minimum absolute atomic E-state index is 0.635. The highest BCUT2D eigenvalue weighted by Crippen LogP contribution is 2.25. The minimum atomic E-state index is 0.635. The molecule has 1 heterocycles. The fourth-order valence-corrected chi connectivity index (χ4v) is 2.44. The molecule has 2 rings (SSSR count). The predicted molar refractivity (Wildman–Crippen MR) is 97.6 cm³/mol. The summed E-state index contributed by atoms with van der Waals surface area (Å²) in [4.78, 5) is 11.1. The number of rotatable bonds is 8. The number of likely N-dealkylation sites (N-methyl/N-ethyl adjacent to an activating group) is 1. The maximum absolute atomic E-state index is 4.56. The molecule has 23 heavy (non-hydrogen) atoms. The molecule has 0 atom stereocenters. The second kappa shape index (κ2) is 8.48. The van der Waals surface area contributed by atoms with Gasteiger partial charge in [-0.3, -0.25) is 0 Å². The number of hydrogen-bond donors (Lipinski definition) is 2. The second-order valence-corrected chi connectivity index (χ2v) is 5.78. The highest BCUT2D eigenvalue weighted by atomic mass is 15.2. The molecule has 0 saturated carbocycles. The molecular formula is C18H27N5. The van der Waals surface area contributed by atoms with Gasteiger partial charge in [0, 0.05) is 25.0 Å². The van der Waals surface area contributed by atoms with Gasteiger partial charge in [-0.15, -0.1) is 0 Å². The lowest BCUT2D eigenvalue weighted by Gasteiger charge is -2.15. The Bertz CT molecular complexity index is 602. The zero-order chi connectivity index (χ0) is 16.7. The van der Waals surface area contributed by atoms with Gasteiger partial charge in [-0.1, -0.05) is 32.0 Å². The molecule has 5 nitrogen and oxygen atoms in total. The number of nitrogens with one attached hydrogen (secondary N) is 2. The van der Waals surface area contributed by atoms with E-state index in [0.29, 0.717) is 5.95 Å². The molecule has 0 aliphatic heterocycles. The topological polar surface area (TPSA) is 53.1 Å². The molecule has 1 aromatic carbocycles. The smallest absolute Gasteiger partial charge is 0.229 e. The van der Waals surface area contributed by atoms with Crippen LogP contribution in [0.4, 0.5) is 17.5 Å². The Hall–Kier alpha value is -2.14. The number of aromatic nitrogens is 2. The van der Waals surface area contributed by atoms with Gasteiger partial charge in [0.15, 0.2) is 0 Å². The third-order valence-electron chi connectivity index (χ3n) is 3.76. The van der Waals surface area contributed by atoms with E-state index in [9.17, 15) is 0 Å². The van der Waals surface area contributed by atoms with Crippen LogP contribution in [-0.2, 0) is 12.8 Å². The molecule has 0 fully saturated rings. The average molecular weight is 313 g/mol. The summed E-state index contributed by atoms with van der Waals surface area (Å²) >= 11 is 0. The zero-order valence-electron chi connectivity index (χ0n) is 14.6. The van der Waals surface area contributed by atoms with Crippen LogP contribution in [-0.4, -0.2) is 42.1 Å². The normalized spacial score (nSPS) is 10.8. The quantitative estimate of drug-likeness (QED) is 0.783. The minimum Gasteiger partial charge on any atom is -0.369 e. The van der Waals surface area contributed by atoms with E-state index < -0.39 is 0 Å². The van der Waals surface area contributed by atoms with Crippen molar-refractivity contribution in [2.75, 3.05) is 37.8 Å². The molecule has 5 heteroatoms. The van der Waals surface area contributed by atoms with E-state index in [1.54, 1.807) is 6.20 Å². The lowest BCUT2D eigenvalue weighted by Crippen LogP contribution is -2.21. The standard InChI is InChI=1S/C18H27N5/c1-5-14-8-7-9-15(6-2)17(14)22-18-20-11-10-16(21-18)19-12-13-23(3)4/h7-11H,5-6,12-13H2,1-4H3,(H2,19,20,21,22). The molecule has 0 unspecified atom stereocenters. The summed E-state index contributed by atoms with van der Waals surface area (Å²) in [7, 11) is 4.12. The highest BCUT2D eigenvalue weighted by molar-refractivity contribution is 5.64. The van der Waals surface area contributed by atoms with Crippen molar-refractivity contribution in [1.82, 2.24) is 14.9 Å². The first kappa shape index (κ1) is 17.2. The summed E-state index contributed by atoms with van der Waals surface area (Å²) in [5, 5.41) is 6.74. The summed E-state index contributed by atoms with van der Waals surface area (Å²) in [5.41, 5.74) is 3.72. The van der Waals surface area contributed by atoms with Crippen molar-refractivity contribution < 1.29 is 0 Å². The van der Waals surface area contributed by atoms with Crippen LogP contribution in [0.2, 0.25) is 0 Å². The van der Waals surface area contributed by atoms with Crippen LogP contribution in [0, 0.1) is 0 Å². The Balaban J connectivity index is 2.14. The van der Waals surface area contributed by atoms with Crippen LogP contribution < -0.4 is 10.6 Å². The Labute approximate surface area is 139 Å². The number of benzene rings is 1. The van der Waals surface area contributed by atoms with Crippen LogP contribution in [0.3, 0.4) is 0 Å². The van der Waals surface area contributed by atoms with Crippen molar-refractivity contribution in [2.24, 2.45) is 0 Å². The molecule has 2 N–H and O–H groups in total. The predicted octanol–water partition coefficient (Wildman–Crippen LogP) is 3.32. The molecule has 0 radical (unpaired) electrons. The molecular weight excluding hydrogens is 286 g/mol. The number of para-hydroxylation sites is 1. The van der Waals surface area contributed by atoms with Crippen molar-refractivity contribution in [1.29, 1.82) is 0 Å². The summed E-state index contributed by atoms with van der Waals surface area (Å²) in [6, 6.07) is 8.32. The Morgan fingerprint density at radius 2 is 1.74 bits per heavy atom. The molecule has 0 aliphatic carbocycles. The van der Waals surface area contributed by atoms with Crippen molar-refractivity contribution in [3.63, 3.8) is 0 Å². The lowest BCUT2D eigenvalue weighted by atomic mass is 10.0.